The number of ether oxygens (including phenoxy) is 2. The maximum atomic E-state index is 12.5. The lowest BCUT2D eigenvalue weighted by atomic mass is 9.96. The summed E-state index contributed by atoms with van der Waals surface area (Å²) < 4.78 is 10.8. The van der Waals surface area contributed by atoms with Crippen LogP contribution in [0.1, 0.15) is 36.7 Å². The van der Waals surface area contributed by atoms with Crippen LogP contribution >= 0.6 is 0 Å². The molecule has 1 rings (SSSR count). The number of aryl methyl sites for hydroxylation is 1. The first-order chi connectivity index (χ1) is 8.51. The maximum Gasteiger partial charge on any atom is 0.195 e. The Labute approximate surface area is 109 Å². The molecule has 0 aromatic heterocycles. The number of carbonyl (C=O) groups excluding carboxylic acids is 1. The molecule has 0 aliphatic heterocycles. The lowest BCUT2D eigenvalue weighted by molar-refractivity contribution is 0.0277. The van der Waals surface area contributed by atoms with E-state index >= 15 is 0 Å². The third-order valence-corrected chi connectivity index (χ3v) is 2.83. The van der Waals surface area contributed by atoms with Crippen LogP contribution in [-0.2, 0) is 4.74 Å². The molecule has 0 saturated heterocycles. The summed E-state index contributed by atoms with van der Waals surface area (Å²) in [6.07, 6.45) is -0.411. The average Bonchev–Trinajstić information content (AvgIpc) is 2.34. The highest BCUT2D eigenvalue weighted by Crippen LogP contribution is 2.24. The Hall–Kier alpha value is -1.35. The van der Waals surface area contributed by atoms with Gasteiger partial charge in [0.1, 0.15) is 11.9 Å². The highest BCUT2D eigenvalue weighted by atomic mass is 16.5. The van der Waals surface area contributed by atoms with Crippen molar-refractivity contribution in [3.63, 3.8) is 0 Å². The van der Waals surface area contributed by atoms with E-state index in [-0.39, 0.29) is 11.7 Å². The predicted octanol–water partition coefficient (Wildman–Crippen LogP) is 3.25. The van der Waals surface area contributed by atoms with E-state index in [1.54, 1.807) is 7.11 Å². The number of ketones is 1. The summed E-state index contributed by atoms with van der Waals surface area (Å²) in [7, 11) is 1.58. The van der Waals surface area contributed by atoms with E-state index in [0.29, 0.717) is 17.9 Å². The van der Waals surface area contributed by atoms with Gasteiger partial charge in [-0.05, 0) is 31.9 Å². The van der Waals surface area contributed by atoms with Gasteiger partial charge in [-0.3, -0.25) is 4.79 Å². The van der Waals surface area contributed by atoms with Gasteiger partial charge in [0.2, 0.25) is 0 Å². The number of hydrogen-bond acceptors (Lipinski definition) is 3. The Morgan fingerprint density at radius 3 is 2.50 bits per heavy atom. The van der Waals surface area contributed by atoms with Crippen LogP contribution in [0.15, 0.2) is 18.2 Å². The van der Waals surface area contributed by atoms with E-state index in [0.717, 1.165) is 5.56 Å². The van der Waals surface area contributed by atoms with Crippen molar-refractivity contribution >= 4 is 5.78 Å². The number of benzene rings is 1. The second kappa shape index (κ2) is 6.55. The van der Waals surface area contributed by atoms with Crippen LogP contribution < -0.4 is 4.74 Å². The minimum Gasteiger partial charge on any atom is -0.496 e. The van der Waals surface area contributed by atoms with Crippen molar-refractivity contribution in [3.05, 3.63) is 29.3 Å². The molecule has 100 valence electrons. The fourth-order valence-corrected chi connectivity index (χ4v) is 1.92. The molecular weight excluding hydrogens is 228 g/mol. The van der Waals surface area contributed by atoms with Gasteiger partial charge in [-0.2, -0.15) is 0 Å². The second-order valence-electron chi connectivity index (χ2n) is 4.69. The van der Waals surface area contributed by atoms with E-state index in [2.05, 4.69) is 0 Å². The first-order valence-electron chi connectivity index (χ1n) is 6.31. The minimum absolute atomic E-state index is 0.00704. The first kappa shape index (κ1) is 14.7. The molecule has 3 heteroatoms. The molecule has 1 unspecified atom stereocenters. The van der Waals surface area contributed by atoms with Crippen LogP contribution in [0.2, 0.25) is 0 Å². The molecule has 0 saturated carbocycles. The molecule has 0 heterocycles. The quantitative estimate of drug-likeness (QED) is 0.727. The molecule has 18 heavy (non-hydrogen) atoms. The van der Waals surface area contributed by atoms with Gasteiger partial charge in [-0.25, -0.2) is 0 Å². The van der Waals surface area contributed by atoms with Gasteiger partial charge in [-0.1, -0.05) is 25.5 Å². The van der Waals surface area contributed by atoms with Crippen molar-refractivity contribution in [1.82, 2.24) is 0 Å². The summed E-state index contributed by atoms with van der Waals surface area (Å²) in [5, 5.41) is 0. The van der Waals surface area contributed by atoms with E-state index in [9.17, 15) is 4.79 Å². The van der Waals surface area contributed by atoms with Crippen molar-refractivity contribution in [2.45, 2.75) is 33.8 Å². The zero-order valence-electron chi connectivity index (χ0n) is 11.8. The summed E-state index contributed by atoms with van der Waals surface area (Å²) in [5.41, 5.74) is 1.64. The Morgan fingerprint density at radius 1 is 1.33 bits per heavy atom. The molecule has 3 nitrogen and oxygen atoms in total. The largest absolute Gasteiger partial charge is 0.496 e. The fourth-order valence-electron chi connectivity index (χ4n) is 1.92. The van der Waals surface area contributed by atoms with Gasteiger partial charge in [0.05, 0.1) is 12.7 Å². The highest BCUT2D eigenvalue weighted by Gasteiger charge is 2.26. The zero-order valence-corrected chi connectivity index (χ0v) is 11.8. The van der Waals surface area contributed by atoms with Crippen molar-refractivity contribution in [2.24, 2.45) is 5.92 Å². The third kappa shape index (κ3) is 3.33. The van der Waals surface area contributed by atoms with E-state index in [1.165, 1.54) is 0 Å². The first-order valence-corrected chi connectivity index (χ1v) is 6.31. The van der Waals surface area contributed by atoms with Crippen LogP contribution in [0.3, 0.4) is 0 Å². The molecule has 0 radical (unpaired) electrons. The SMILES string of the molecule is CCOC(C(=O)c1cc(C)ccc1OC)C(C)C. The van der Waals surface area contributed by atoms with Gasteiger partial charge in [0.15, 0.2) is 5.78 Å². The Balaban J connectivity index is 3.11. The zero-order chi connectivity index (χ0) is 13.7. The van der Waals surface area contributed by atoms with Gasteiger partial charge >= 0.3 is 0 Å². The third-order valence-electron chi connectivity index (χ3n) is 2.83. The van der Waals surface area contributed by atoms with Crippen molar-refractivity contribution < 1.29 is 14.3 Å². The molecule has 0 bridgehead atoms. The van der Waals surface area contributed by atoms with Gasteiger partial charge in [-0.15, -0.1) is 0 Å². The molecule has 0 aliphatic rings. The van der Waals surface area contributed by atoms with Crippen LogP contribution in [-0.4, -0.2) is 25.6 Å². The molecular formula is C15H22O3. The van der Waals surface area contributed by atoms with Gasteiger partial charge < -0.3 is 9.47 Å². The van der Waals surface area contributed by atoms with Crippen LogP contribution in [0.25, 0.3) is 0 Å². The smallest absolute Gasteiger partial charge is 0.195 e. The monoisotopic (exact) mass is 250 g/mol. The average molecular weight is 250 g/mol. The molecule has 0 aliphatic carbocycles. The highest BCUT2D eigenvalue weighted by molar-refractivity contribution is 6.02. The predicted molar refractivity (Wildman–Crippen MR) is 72.3 cm³/mol. The van der Waals surface area contributed by atoms with E-state index in [4.69, 9.17) is 9.47 Å². The number of rotatable bonds is 6. The summed E-state index contributed by atoms with van der Waals surface area (Å²) >= 11 is 0. The lowest BCUT2D eigenvalue weighted by Crippen LogP contribution is -2.30. The van der Waals surface area contributed by atoms with E-state index < -0.39 is 6.10 Å². The summed E-state index contributed by atoms with van der Waals surface area (Å²) in [5.74, 6) is 0.742. The number of carbonyl (C=O) groups is 1. The van der Waals surface area contributed by atoms with Crippen molar-refractivity contribution in [3.8, 4) is 5.75 Å². The molecule has 0 fully saturated rings. The number of hydrogen-bond donors (Lipinski definition) is 0. The Bertz CT molecular complexity index is 410. The van der Waals surface area contributed by atoms with Crippen molar-refractivity contribution in [1.29, 1.82) is 0 Å². The minimum atomic E-state index is -0.411. The summed E-state index contributed by atoms with van der Waals surface area (Å²) in [4.78, 5) is 12.5. The standard InChI is InChI=1S/C15H22O3/c1-6-18-15(10(2)3)14(16)12-9-11(4)7-8-13(12)17-5/h7-10,15H,6H2,1-5H3. The normalized spacial score (nSPS) is 12.6. The van der Waals surface area contributed by atoms with Gasteiger partial charge in [0.25, 0.3) is 0 Å². The number of Topliss-reactive ketones (excluding diaryl/α,β-unsaturated/α-hetero) is 1. The molecule has 0 spiro atoms. The maximum absolute atomic E-state index is 12.5. The topological polar surface area (TPSA) is 35.5 Å². The Kier molecular flexibility index (Phi) is 5.35. The number of methoxy groups -OCH3 is 1. The molecule has 1 aromatic carbocycles. The Morgan fingerprint density at radius 2 is 2.00 bits per heavy atom. The fraction of sp³-hybridized carbons (Fsp3) is 0.533. The van der Waals surface area contributed by atoms with Crippen LogP contribution in [0, 0.1) is 12.8 Å². The van der Waals surface area contributed by atoms with Gasteiger partial charge in [0, 0.05) is 6.61 Å². The van der Waals surface area contributed by atoms with Crippen LogP contribution in [0.5, 0.6) is 5.75 Å². The molecule has 1 aromatic rings. The molecule has 1 atom stereocenters. The molecule has 0 amide bonds. The summed E-state index contributed by atoms with van der Waals surface area (Å²) in [6.45, 7) is 8.36. The van der Waals surface area contributed by atoms with E-state index in [1.807, 2.05) is 45.9 Å². The lowest BCUT2D eigenvalue weighted by Gasteiger charge is -2.20. The van der Waals surface area contributed by atoms with Crippen molar-refractivity contribution in [2.75, 3.05) is 13.7 Å². The summed E-state index contributed by atoms with van der Waals surface area (Å²) in [6, 6.07) is 5.61. The molecule has 0 N–H and O–H groups in total. The van der Waals surface area contributed by atoms with Crippen LogP contribution in [0.4, 0.5) is 0 Å². The second-order valence-corrected chi connectivity index (χ2v) is 4.69.